The lowest BCUT2D eigenvalue weighted by atomic mass is 9.92. The molecule has 8 nitrogen and oxygen atoms in total. The van der Waals surface area contributed by atoms with Crippen LogP contribution in [0.3, 0.4) is 0 Å². The van der Waals surface area contributed by atoms with Crippen LogP contribution in [0.15, 0.2) is 77.6 Å². The smallest absolute Gasteiger partial charge is 0.268 e. The molecule has 0 spiro atoms. The minimum atomic E-state index is -0.984. The van der Waals surface area contributed by atoms with Gasteiger partial charge in [-0.15, -0.1) is 0 Å². The highest BCUT2D eigenvalue weighted by atomic mass is 16.5. The van der Waals surface area contributed by atoms with Crippen LogP contribution in [0.2, 0.25) is 0 Å². The number of hydrogen-bond acceptors (Lipinski definition) is 5. The quantitative estimate of drug-likeness (QED) is 0.374. The molecule has 2 unspecified atom stereocenters. The Morgan fingerprint density at radius 1 is 0.865 bits per heavy atom. The van der Waals surface area contributed by atoms with Gasteiger partial charge in [-0.3, -0.25) is 19.2 Å². The van der Waals surface area contributed by atoms with Crippen LogP contribution in [0.1, 0.15) is 41.4 Å². The van der Waals surface area contributed by atoms with E-state index in [9.17, 15) is 19.2 Å². The predicted octanol–water partition coefficient (Wildman–Crippen LogP) is 2.82. The molecule has 0 saturated heterocycles. The molecule has 8 heteroatoms. The second-order valence-electron chi connectivity index (χ2n) is 9.68. The maximum Gasteiger partial charge on any atom is 0.268 e. The molecule has 1 fully saturated rings. The number of methoxy groups -OCH3 is 1. The molecule has 2 amide bonds. The number of nitrogens with one attached hydrogen (secondary N) is 3. The molecule has 37 heavy (non-hydrogen) atoms. The zero-order chi connectivity index (χ0) is 26.4. The van der Waals surface area contributed by atoms with Crippen molar-refractivity contribution in [2.24, 2.45) is 5.41 Å². The number of pyridine rings is 1. The number of carbonyl (C=O) groups is 3. The second-order valence-corrected chi connectivity index (χ2v) is 9.68. The number of rotatable bonds is 11. The summed E-state index contributed by atoms with van der Waals surface area (Å²) >= 11 is 0. The first-order valence-electron chi connectivity index (χ1n) is 12.3. The fourth-order valence-corrected chi connectivity index (χ4v) is 4.21. The van der Waals surface area contributed by atoms with E-state index in [-0.39, 0.29) is 17.9 Å². The molecule has 1 aromatic heterocycles. The van der Waals surface area contributed by atoms with Gasteiger partial charge in [-0.1, -0.05) is 55.5 Å². The van der Waals surface area contributed by atoms with Gasteiger partial charge in [-0.05, 0) is 48.6 Å². The van der Waals surface area contributed by atoms with E-state index in [1.54, 1.807) is 19.2 Å². The van der Waals surface area contributed by atoms with Gasteiger partial charge in [-0.25, -0.2) is 0 Å². The van der Waals surface area contributed by atoms with E-state index >= 15 is 0 Å². The van der Waals surface area contributed by atoms with Gasteiger partial charge in [0.15, 0.2) is 5.78 Å². The third-order valence-electron chi connectivity index (χ3n) is 6.74. The fraction of sp³-hybridized carbons (Fsp3) is 0.310. The van der Waals surface area contributed by atoms with Gasteiger partial charge in [0.1, 0.15) is 17.5 Å². The summed E-state index contributed by atoms with van der Waals surface area (Å²) in [5.41, 5.74) is 0.911. The number of benzene rings is 2. The number of Topliss-reactive ketones (excluding diaryl/α,β-unsaturated/α-hetero) is 1. The largest absolute Gasteiger partial charge is 0.497 e. The van der Waals surface area contributed by atoms with Gasteiger partial charge in [0.25, 0.3) is 5.91 Å². The average molecular weight is 502 g/mol. The third kappa shape index (κ3) is 6.73. The lowest BCUT2D eigenvalue weighted by molar-refractivity contribution is -0.131. The lowest BCUT2D eigenvalue weighted by Gasteiger charge is -2.25. The number of aromatic nitrogens is 1. The molecule has 1 aliphatic rings. The van der Waals surface area contributed by atoms with Crippen LogP contribution in [0.5, 0.6) is 5.75 Å². The van der Waals surface area contributed by atoms with Crippen molar-refractivity contribution in [1.82, 2.24) is 15.6 Å². The van der Waals surface area contributed by atoms with E-state index in [0.717, 1.165) is 24.0 Å². The monoisotopic (exact) mass is 501 g/mol. The average Bonchev–Trinajstić information content (AvgIpc) is 3.66. The zero-order valence-electron chi connectivity index (χ0n) is 21.0. The van der Waals surface area contributed by atoms with Gasteiger partial charge >= 0.3 is 0 Å². The van der Waals surface area contributed by atoms with Gasteiger partial charge in [-0.2, -0.15) is 0 Å². The summed E-state index contributed by atoms with van der Waals surface area (Å²) < 4.78 is 5.21. The summed E-state index contributed by atoms with van der Waals surface area (Å²) in [6, 6.07) is 19.2. The minimum absolute atomic E-state index is 0.00776. The van der Waals surface area contributed by atoms with Crippen LogP contribution in [0.25, 0.3) is 0 Å². The molecule has 2 aromatic carbocycles. The number of aromatic amines is 1. The molecule has 3 aromatic rings. The number of hydrogen-bond donors (Lipinski definition) is 3. The van der Waals surface area contributed by atoms with E-state index in [1.807, 2.05) is 49.4 Å². The highest BCUT2D eigenvalue weighted by Gasteiger charge is 2.48. The van der Waals surface area contributed by atoms with Crippen molar-refractivity contribution in [3.05, 3.63) is 100.0 Å². The van der Waals surface area contributed by atoms with Crippen LogP contribution < -0.4 is 20.9 Å². The summed E-state index contributed by atoms with van der Waals surface area (Å²) in [6.45, 7) is 1.92. The molecule has 1 saturated carbocycles. The first kappa shape index (κ1) is 25.9. The molecule has 0 radical (unpaired) electrons. The van der Waals surface area contributed by atoms with E-state index < -0.39 is 34.9 Å². The fourth-order valence-electron chi connectivity index (χ4n) is 4.21. The second kappa shape index (κ2) is 11.2. The van der Waals surface area contributed by atoms with E-state index in [2.05, 4.69) is 15.6 Å². The van der Waals surface area contributed by atoms with Crippen molar-refractivity contribution in [2.45, 2.75) is 44.7 Å². The van der Waals surface area contributed by atoms with Crippen LogP contribution >= 0.6 is 0 Å². The summed E-state index contributed by atoms with van der Waals surface area (Å²) in [7, 11) is 1.57. The Hall–Kier alpha value is -4.20. The maximum absolute atomic E-state index is 13.6. The Labute approximate surface area is 215 Å². The Kier molecular flexibility index (Phi) is 7.86. The van der Waals surface area contributed by atoms with E-state index in [4.69, 9.17) is 4.74 Å². The Bertz CT molecular complexity index is 1310. The molecule has 0 aliphatic heterocycles. The molecular formula is C29H31N3O5. The third-order valence-corrected chi connectivity index (χ3v) is 6.74. The van der Waals surface area contributed by atoms with E-state index in [0.29, 0.717) is 12.2 Å². The molecular weight excluding hydrogens is 470 g/mol. The van der Waals surface area contributed by atoms with Crippen molar-refractivity contribution in [1.29, 1.82) is 0 Å². The number of H-pyrrole nitrogens is 1. The summed E-state index contributed by atoms with van der Waals surface area (Å²) in [4.78, 5) is 54.0. The number of carbonyl (C=O) groups excluding carboxylic acids is 3. The van der Waals surface area contributed by atoms with Crippen LogP contribution in [-0.2, 0) is 22.4 Å². The highest BCUT2D eigenvalue weighted by molar-refractivity contribution is 5.99. The first-order chi connectivity index (χ1) is 17.8. The van der Waals surface area contributed by atoms with Crippen molar-refractivity contribution < 1.29 is 19.1 Å². The van der Waals surface area contributed by atoms with Gasteiger partial charge < -0.3 is 20.4 Å². The molecule has 4 rings (SSSR count). The van der Waals surface area contributed by atoms with E-state index in [1.165, 1.54) is 18.2 Å². The predicted molar refractivity (Wildman–Crippen MR) is 139 cm³/mol. The molecule has 1 heterocycles. The topological polar surface area (TPSA) is 117 Å². The molecule has 1 aliphatic carbocycles. The van der Waals surface area contributed by atoms with Crippen molar-refractivity contribution in [2.75, 3.05) is 7.11 Å². The van der Waals surface area contributed by atoms with Gasteiger partial charge in [0.2, 0.25) is 11.5 Å². The first-order valence-corrected chi connectivity index (χ1v) is 12.3. The van der Waals surface area contributed by atoms with Crippen LogP contribution in [-0.4, -0.2) is 41.8 Å². The number of ether oxygens (including phenoxy) is 1. The summed E-state index contributed by atoms with van der Waals surface area (Å²) in [5.74, 6) is -0.402. The number of amides is 2. The molecule has 192 valence electrons. The van der Waals surface area contributed by atoms with Gasteiger partial charge in [0, 0.05) is 17.9 Å². The summed E-state index contributed by atoms with van der Waals surface area (Å²) in [5, 5.41) is 5.66. The molecule has 0 bridgehead atoms. The SMILES string of the molecule is COc1ccc(CC(NC(=O)c2cccc(=O)[nH]2)C(=O)NC(Cc2ccccc2)C(=O)C2(C)CC2)cc1. The highest BCUT2D eigenvalue weighted by Crippen LogP contribution is 2.46. The molecule has 3 N–H and O–H groups in total. The van der Waals surface area contributed by atoms with Crippen molar-refractivity contribution in [3.8, 4) is 5.75 Å². The normalized spacial score (nSPS) is 15.2. The Balaban J connectivity index is 1.57. The zero-order valence-corrected chi connectivity index (χ0v) is 21.0. The van der Waals surface area contributed by atoms with Gasteiger partial charge in [0.05, 0.1) is 13.2 Å². The molecule has 2 atom stereocenters. The van der Waals surface area contributed by atoms with Crippen molar-refractivity contribution in [3.63, 3.8) is 0 Å². The van der Waals surface area contributed by atoms with Crippen LogP contribution in [0, 0.1) is 5.41 Å². The van der Waals surface area contributed by atoms with Crippen molar-refractivity contribution >= 4 is 17.6 Å². The lowest BCUT2D eigenvalue weighted by Crippen LogP contribution is -2.54. The maximum atomic E-state index is 13.6. The Morgan fingerprint density at radius 2 is 1.51 bits per heavy atom. The summed E-state index contributed by atoms with van der Waals surface area (Å²) in [6.07, 6.45) is 2.12. The Morgan fingerprint density at radius 3 is 2.14 bits per heavy atom. The van der Waals surface area contributed by atoms with Crippen LogP contribution in [0.4, 0.5) is 0 Å². The minimum Gasteiger partial charge on any atom is -0.497 e. The number of ketones is 1. The standard InChI is InChI=1S/C29H31N3O5/c1-29(15-16-29)26(34)23(17-19-7-4-3-5-8-19)31-28(36)24(18-20-11-13-21(37-2)14-12-20)32-27(35)22-9-6-10-25(33)30-22/h3-14,23-24H,15-18H2,1-2H3,(H,30,33)(H,31,36)(H,32,35).